The normalized spacial score (nSPS) is 11.5. The lowest BCUT2D eigenvalue weighted by Gasteiger charge is -2.12. The van der Waals surface area contributed by atoms with Crippen molar-refractivity contribution in [2.24, 2.45) is 0 Å². The maximum Gasteiger partial charge on any atom is 0.404 e. The Hall–Kier alpha value is -1.52. The average molecular weight is 187 g/mol. The quantitative estimate of drug-likeness (QED) is 0.503. The third-order valence-electron chi connectivity index (χ3n) is 1.20. The molecule has 5 nitrogen and oxygen atoms in total. The van der Waals surface area contributed by atoms with Gasteiger partial charge in [-0.2, -0.15) is 0 Å². The number of ether oxygens (including phenoxy) is 1. The van der Waals surface area contributed by atoms with E-state index in [1.165, 1.54) is 6.92 Å². The van der Waals surface area contributed by atoms with Crippen molar-refractivity contribution in [1.29, 1.82) is 0 Å². The van der Waals surface area contributed by atoms with Gasteiger partial charge in [0.05, 0.1) is 6.54 Å². The van der Waals surface area contributed by atoms with Gasteiger partial charge >= 0.3 is 12.1 Å². The fourth-order valence-electron chi connectivity index (χ4n) is 0.556. The Kier molecular flexibility index (Phi) is 4.58. The smallest absolute Gasteiger partial charge is 0.404 e. The molecule has 0 fully saturated rings. The lowest BCUT2D eigenvalue weighted by molar-refractivity contribution is -0.143. The first-order chi connectivity index (χ1) is 5.93. The van der Waals surface area contributed by atoms with Crippen molar-refractivity contribution in [2.75, 3.05) is 6.54 Å². The van der Waals surface area contributed by atoms with E-state index in [1.807, 2.05) is 0 Å². The second-order valence-corrected chi connectivity index (χ2v) is 2.68. The van der Waals surface area contributed by atoms with Crippen LogP contribution in [-0.2, 0) is 9.53 Å². The molecule has 0 aliphatic rings. The van der Waals surface area contributed by atoms with Crippen LogP contribution in [0.3, 0.4) is 0 Å². The zero-order chi connectivity index (χ0) is 10.4. The molecular weight excluding hydrogens is 174 g/mol. The predicted molar refractivity (Wildman–Crippen MR) is 46.4 cm³/mol. The Bertz CT molecular complexity index is 224. The van der Waals surface area contributed by atoms with Gasteiger partial charge < -0.3 is 15.2 Å². The Morgan fingerprint density at radius 2 is 2.15 bits per heavy atom. The number of hydrogen-bond donors (Lipinski definition) is 2. The van der Waals surface area contributed by atoms with Crippen molar-refractivity contribution < 1.29 is 19.4 Å². The fraction of sp³-hybridized carbons (Fsp3) is 0.500. The number of esters is 1. The van der Waals surface area contributed by atoms with Gasteiger partial charge in [0, 0.05) is 5.57 Å². The summed E-state index contributed by atoms with van der Waals surface area (Å²) < 4.78 is 4.80. The summed E-state index contributed by atoms with van der Waals surface area (Å²) in [6.07, 6.45) is -1.63. The first-order valence-corrected chi connectivity index (χ1v) is 3.76. The highest BCUT2D eigenvalue weighted by Gasteiger charge is 2.10. The van der Waals surface area contributed by atoms with E-state index >= 15 is 0 Å². The summed E-state index contributed by atoms with van der Waals surface area (Å²) >= 11 is 0. The monoisotopic (exact) mass is 187 g/mol. The standard InChI is InChI=1S/C8H13NO4/c1-5(2)7(10)13-6(3)4-9-8(11)12/h6,9H,1,4H2,2-3H3,(H,11,12). The Morgan fingerprint density at radius 3 is 2.54 bits per heavy atom. The Balaban J connectivity index is 3.74. The molecular formula is C8H13NO4. The minimum absolute atomic E-state index is 0.0777. The van der Waals surface area contributed by atoms with Gasteiger partial charge in [0.2, 0.25) is 0 Å². The highest BCUT2D eigenvalue weighted by molar-refractivity contribution is 5.87. The maximum atomic E-state index is 10.9. The molecule has 0 radical (unpaired) electrons. The zero-order valence-corrected chi connectivity index (χ0v) is 7.66. The van der Waals surface area contributed by atoms with Gasteiger partial charge in [-0.3, -0.25) is 0 Å². The lowest BCUT2D eigenvalue weighted by Crippen LogP contribution is -2.32. The minimum atomic E-state index is -1.14. The molecule has 74 valence electrons. The van der Waals surface area contributed by atoms with Crippen LogP contribution < -0.4 is 5.32 Å². The summed E-state index contributed by atoms with van der Waals surface area (Å²) in [5.74, 6) is -0.514. The second-order valence-electron chi connectivity index (χ2n) is 2.68. The summed E-state index contributed by atoms with van der Waals surface area (Å²) in [4.78, 5) is 21.0. The lowest BCUT2D eigenvalue weighted by atomic mass is 10.3. The summed E-state index contributed by atoms with van der Waals surface area (Å²) in [5, 5.41) is 10.3. The molecule has 1 amide bonds. The molecule has 2 N–H and O–H groups in total. The number of amides is 1. The van der Waals surface area contributed by atoms with E-state index in [-0.39, 0.29) is 6.54 Å². The van der Waals surface area contributed by atoms with Gasteiger partial charge in [-0.1, -0.05) is 6.58 Å². The van der Waals surface area contributed by atoms with Crippen molar-refractivity contribution in [3.63, 3.8) is 0 Å². The van der Waals surface area contributed by atoms with Crippen LogP contribution >= 0.6 is 0 Å². The van der Waals surface area contributed by atoms with E-state index in [4.69, 9.17) is 9.84 Å². The van der Waals surface area contributed by atoms with Crippen LogP contribution in [0.4, 0.5) is 4.79 Å². The van der Waals surface area contributed by atoms with E-state index < -0.39 is 18.2 Å². The molecule has 0 spiro atoms. The summed E-state index contributed by atoms with van der Waals surface area (Å²) in [7, 11) is 0. The maximum absolute atomic E-state index is 10.9. The molecule has 0 bridgehead atoms. The van der Waals surface area contributed by atoms with E-state index in [9.17, 15) is 9.59 Å². The molecule has 0 aromatic carbocycles. The Morgan fingerprint density at radius 1 is 1.62 bits per heavy atom. The van der Waals surface area contributed by atoms with Gasteiger partial charge in [-0.25, -0.2) is 9.59 Å². The summed E-state index contributed by atoms with van der Waals surface area (Å²) in [6.45, 7) is 6.59. The van der Waals surface area contributed by atoms with Gasteiger partial charge in [0.25, 0.3) is 0 Å². The summed E-state index contributed by atoms with van der Waals surface area (Å²) in [6, 6.07) is 0. The largest absolute Gasteiger partial charge is 0.465 e. The molecule has 0 saturated carbocycles. The molecule has 0 aromatic heterocycles. The van der Waals surface area contributed by atoms with Crippen molar-refractivity contribution >= 4 is 12.1 Å². The first kappa shape index (κ1) is 11.5. The average Bonchev–Trinajstić information content (AvgIpc) is 2.00. The van der Waals surface area contributed by atoms with Gasteiger partial charge in [-0.05, 0) is 13.8 Å². The number of carboxylic acid groups (broad SMARTS) is 1. The predicted octanol–water partition coefficient (Wildman–Crippen LogP) is 0.762. The van der Waals surface area contributed by atoms with Crippen molar-refractivity contribution in [2.45, 2.75) is 20.0 Å². The van der Waals surface area contributed by atoms with E-state index in [0.29, 0.717) is 5.57 Å². The van der Waals surface area contributed by atoms with Gasteiger partial charge in [-0.15, -0.1) is 0 Å². The molecule has 1 unspecified atom stereocenters. The van der Waals surface area contributed by atoms with Crippen LogP contribution in [0.5, 0.6) is 0 Å². The van der Waals surface area contributed by atoms with Crippen LogP contribution in [0.2, 0.25) is 0 Å². The minimum Gasteiger partial charge on any atom is -0.465 e. The number of nitrogens with one attached hydrogen (secondary N) is 1. The SMILES string of the molecule is C=C(C)C(=O)OC(C)CNC(=O)O. The van der Waals surface area contributed by atoms with E-state index in [2.05, 4.69) is 11.9 Å². The number of hydrogen-bond acceptors (Lipinski definition) is 3. The highest BCUT2D eigenvalue weighted by Crippen LogP contribution is 1.96. The van der Waals surface area contributed by atoms with E-state index in [0.717, 1.165) is 0 Å². The number of carbonyl (C=O) groups is 2. The highest BCUT2D eigenvalue weighted by atomic mass is 16.5. The van der Waals surface area contributed by atoms with Crippen LogP contribution in [-0.4, -0.2) is 29.8 Å². The number of carbonyl (C=O) groups excluding carboxylic acids is 1. The fourth-order valence-corrected chi connectivity index (χ4v) is 0.556. The van der Waals surface area contributed by atoms with Crippen LogP contribution in [0.1, 0.15) is 13.8 Å². The third kappa shape index (κ3) is 5.72. The molecule has 5 heteroatoms. The Labute approximate surface area is 76.4 Å². The molecule has 0 saturated heterocycles. The number of rotatable bonds is 4. The molecule has 0 heterocycles. The third-order valence-corrected chi connectivity index (χ3v) is 1.20. The van der Waals surface area contributed by atoms with Crippen molar-refractivity contribution in [3.05, 3.63) is 12.2 Å². The second kappa shape index (κ2) is 5.18. The molecule has 0 rings (SSSR count). The summed E-state index contributed by atoms with van der Waals surface area (Å²) in [5.41, 5.74) is 0.294. The van der Waals surface area contributed by atoms with Crippen molar-refractivity contribution in [1.82, 2.24) is 5.32 Å². The van der Waals surface area contributed by atoms with Gasteiger partial charge in [0.1, 0.15) is 6.10 Å². The first-order valence-electron chi connectivity index (χ1n) is 3.76. The topological polar surface area (TPSA) is 75.6 Å². The molecule has 0 aliphatic carbocycles. The molecule has 1 atom stereocenters. The van der Waals surface area contributed by atoms with Gasteiger partial charge in [0.15, 0.2) is 0 Å². The molecule has 0 aromatic rings. The van der Waals surface area contributed by atoms with Crippen LogP contribution in [0, 0.1) is 0 Å². The van der Waals surface area contributed by atoms with Crippen molar-refractivity contribution in [3.8, 4) is 0 Å². The zero-order valence-electron chi connectivity index (χ0n) is 7.66. The molecule has 0 aliphatic heterocycles. The molecule has 13 heavy (non-hydrogen) atoms. The van der Waals surface area contributed by atoms with Crippen LogP contribution in [0.15, 0.2) is 12.2 Å². The van der Waals surface area contributed by atoms with Crippen LogP contribution in [0.25, 0.3) is 0 Å². The van der Waals surface area contributed by atoms with E-state index in [1.54, 1.807) is 6.92 Å².